The molecule has 2 unspecified atom stereocenters. The second kappa shape index (κ2) is 6.66. The van der Waals surface area contributed by atoms with Crippen LogP contribution < -0.4 is 11.3 Å². The highest BCUT2D eigenvalue weighted by molar-refractivity contribution is 7.10. The van der Waals surface area contributed by atoms with Gasteiger partial charge >= 0.3 is 0 Å². The lowest BCUT2D eigenvalue weighted by Gasteiger charge is -2.34. The molecule has 102 valence electrons. The molecular weight excluding hydrogens is 244 g/mol. The highest BCUT2D eigenvalue weighted by Crippen LogP contribution is 2.35. The van der Waals surface area contributed by atoms with E-state index in [0.29, 0.717) is 5.92 Å². The number of nitrogens with two attached hydrogens (primary N) is 1. The second-order valence-electron chi connectivity index (χ2n) is 5.17. The molecule has 0 bridgehead atoms. The summed E-state index contributed by atoms with van der Waals surface area (Å²) in [4.78, 5) is 1.33. The van der Waals surface area contributed by atoms with Gasteiger partial charge in [-0.15, -0.1) is 11.3 Å². The number of hydrazine groups is 1. The largest absolute Gasteiger partial charge is 0.379 e. The zero-order chi connectivity index (χ0) is 13.0. The molecule has 0 aromatic carbocycles. The monoisotopic (exact) mass is 268 g/mol. The summed E-state index contributed by atoms with van der Waals surface area (Å²) >= 11 is 1.77. The van der Waals surface area contributed by atoms with Crippen LogP contribution in [0.1, 0.15) is 48.6 Å². The summed E-state index contributed by atoms with van der Waals surface area (Å²) in [5, 5.41) is 2.13. The van der Waals surface area contributed by atoms with E-state index in [1.165, 1.54) is 42.5 Å². The van der Waals surface area contributed by atoms with Crippen molar-refractivity contribution in [3.63, 3.8) is 0 Å². The standard InChI is InChI=1S/C14H24N2OS/c1-10-12(8-9-18-10)13(16-15)14(17-2)11-6-4-3-5-7-11/h8-9,11,13-14,16H,3-7,15H2,1-2H3. The Hall–Kier alpha value is -0.420. The predicted octanol–water partition coefficient (Wildman–Crippen LogP) is 3.16. The van der Waals surface area contributed by atoms with Crippen LogP contribution in [0.2, 0.25) is 0 Å². The third kappa shape index (κ3) is 2.94. The quantitative estimate of drug-likeness (QED) is 0.637. The van der Waals surface area contributed by atoms with Gasteiger partial charge in [-0.1, -0.05) is 19.3 Å². The van der Waals surface area contributed by atoms with Crippen LogP contribution >= 0.6 is 11.3 Å². The molecule has 3 nitrogen and oxygen atoms in total. The maximum absolute atomic E-state index is 5.79. The van der Waals surface area contributed by atoms with E-state index in [0.717, 1.165) is 0 Å². The Morgan fingerprint density at radius 3 is 2.61 bits per heavy atom. The molecule has 1 fully saturated rings. The van der Waals surface area contributed by atoms with E-state index in [1.54, 1.807) is 11.3 Å². The van der Waals surface area contributed by atoms with Crippen molar-refractivity contribution in [1.82, 2.24) is 5.43 Å². The average Bonchev–Trinajstić information content (AvgIpc) is 2.83. The molecule has 2 atom stereocenters. The van der Waals surface area contributed by atoms with Crippen LogP contribution in [0.5, 0.6) is 0 Å². The number of nitrogens with one attached hydrogen (secondary N) is 1. The van der Waals surface area contributed by atoms with E-state index < -0.39 is 0 Å². The lowest BCUT2D eigenvalue weighted by atomic mass is 9.81. The zero-order valence-electron chi connectivity index (χ0n) is 11.3. The van der Waals surface area contributed by atoms with Crippen molar-refractivity contribution in [3.8, 4) is 0 Å². The first-order valence-corrected chi connectivity index (χ1v) is 7.68. The maximum Gasteiger partial charge on any atom is 0.0807 e. The number of ether oxygens (including phenoxy) is 1. The van der Waals surface area contributed by atoms with E-state index in [-0.39, 0.29) is 12.1 Å². The molecule has 4 heteroatoms. The van der Waals surface area contributed by atoms with Crippen molar-refractivity contribution in [2.45, 2.75) is 51.2 Å². The molecule has 1 saturated carbocycles. The van der Waals surface area contributed by atoms with Crippen LogP contribution in [0, 0.1) is 12.8 Å². The number of aryl methyl sites for hydroxylation is 1. The van der Waals surface area contributed by atoms with Crippen LogP contribution in [-0.4, -0.2) is 13.2 Å². The highest BCUT2D eigenvalue weighted by Gasteiger charge is 2.32. The van der Waals surface area contributed by atoms with Crippen molar-refractivity contribution in [3.05, 3.63) is 21.9 Å². The first-order valence-electron chi connectivity index (χ1n) is 6.80. The van der Waals surface area contributed by atoms with Gasteiger partial charge in [0.2, 0.25) is 0 Å². The lowest BCUT2D eigenvalue weighted by molar-refractivity contribution is 0.00746. The third-order valence-corrected chi connectivity index (χ3v) is 4.99. The average molecular weight is 268 g/mol. The van der Waals surface area contributed by atoms with Gasteiger partial charge in [0.1, 0.15) is 0 Å². The minimum absolute atomic E-state index is 0.115. The molecule has 0 spiro atoms. The SMILES string of the molecule is COC(C1CCCCC1)C(NN)c1ccsc1C. The highest BCUT2D eigenvalue weighted by atomic mass is 32.1. The van der Waals surface area contributed by atoms with Crippen LogP contribution in [0.3, 0.4) is 0 Å². The molecule has 1 heterocycles. The van der Waals surface area contributed by atoms with Crippen LogP contribution in [0.4, 0.5) is 0 Å². The smallest absolute Gasteiger partial charge is 0.0807 e. The summed E-state index contributed by atoms with van der Waals surface area (Å²) < 4.78 is 5.78. The number of methoxy groups -OCH3 is 1. The van der Waals surface area contributed by atoms with Gasteiger partial charge in [-0.25, -0.2) is 0 Å². The number of rotatable bonds is 5. The van der Waals surface area contributed by atoms with Gasteiger partial charge in [0.15, 0.2) is 0 Å². The Morgan fingerprint density at radius 1 is 1.39 bits per heavy atom. The fraction of sp³-hybridized carbons (Fsp3) is 0.714. The summed E-state index contributed by atoms with van der Waals surface area (Å²) in [5.41, 5.74) is 4.27. The molecule has 0 aliphatic heterocycles. The molecule has 1 aliphatic carbocycles. The Labute approximate surface area is 114 Å². The van der Waals surface area contributed by atoms with Crippen molar-refractivity contribution in [2.24, 2.45) is 11.8 Å². The number of thiophene rings is 1. The molecule has 0 saturated heterocycles. The molecule has 0 radical (unpaired) electrons. The third-order valence-electron chi connectivity index (χ3n) is 4.13. The minimum Gasteiger partial charge on any atom is -0.379 e. The van der Waals surface area contributed by atoms with Crippen molar-refractivity contribution in [2.75, 3.05) is 7.11 Å². The fourth-order valence-corrected chi connectivity index (χ4v) is 3.89. The molecule has 3 N–H and O–H groups in total. The van der Waals surface area contributed by atoms with E-state index >= 15 is 0 Å². The summed E-state index contributed by atoms with van der Waals surface area (Å²) in [6.45, 7) is 2.15. The molecule has 0 amide bonds. The zero-order valence-corrected chi connectivity index (χ0v) is 12.1. The van der Waals surface area contributed by atoms with Gasteiger partial charge in [-0.2, -0.15) is 0 Å². The van der Waals surface area contributed by atoms with Crippen molar-refractivity contribution in [1.29, 1.82) is 0 Å². The topological polar surface area (TPSA) is 47.3 Å². The minimum atomic E-state index is 0.115. The van der Waals surface area contributed by atoms with Gasteiger partial charge in [0.05, 0.1) is 12.1 Å². The van der Waals surface area contributed by atoms with Gasteiger partial charge in [-0.3, -0.25) is 11.3 Å². The van der Waals surface area contributed by atoms with E-state index in [2.05, 4.69) is 23.8 Å². The van der Waals surface area contributed by atoms with Gasteiger partial charge in [0, 0.05) is 12.0 Å². The van der Waals surface area contributed by atoms with Gasteiger partial charge in [-0.05, 0) is 42.7 Å². The molecule has 1 aromatic rings. The molecule has 1 aromatic heterocycles. The summed E-state index contributed by atoms with van der Waals surface area (Å²) in [6.07, 6.45) is 6.73. The Bertz CT molecular complexity index is 360. The first-order chi connectivity index (χ1) is 8.77. The van der Waals surface area contributed by atoms with Gasteiger partial charge in [0.25, 0.3) is 0 Å². The van der Waals surface area contributed by atoms with Crippen molar-refractivity contribution < 1.29 is 4.74 Å². The Kier molecular flexibility index (Phi) is 5.18. The van der Waals surface area contributed by atoms with E-state index in [4.69, 9.17) is 10.6 Å². The molecule has 2 rings (SSSR count). The Balaban J connectivity index is 2.15. The fourth-order valence-electron chi connectivity index (χ4n) is 3.14. The second-order valence-corrected chi connectivity index (χ2v) is 6.30. The predicted molar refractivity (Wildman–Crippen MR) is 76.5 cm³/mol. The molecular formula is C14H24N2OS. The van der Waals surface area contributed by atoms with Crippen molar-refractivity contribution >= 4 is 11.3 Å². The van der Waals surface area contributed by atoms with Crippen LogP contribution in [0.25, 0.3) is 0 Å². The van der Waals surface area contributed by atoms with Crippen LogP contribution in [0.15, 0.2) is 11.4 Å². The maximum atomic E-state index is 5.79. The lowest BCUT2D eigenvalue weighted by Crippen LogP contribution is -2.42. The summed E-state index contributed by atoms with van der Waals surface area (Å²) in [7, 11) is 1.81. The van der Waals surface area contributed by atoms with Gasteiger partial charge < -0.3 is 4.74 Å². The Morgan fingerprint density at radius 2 is 2.11 bits per heavy atom. The van der Waals surface area contributed by atoms with E-state index in [9.17, 15) is 0 Å². The molecule has 1 aliphatic rings. The molecule has 18 heavy (non-hydrogen) atoms. The normalized spacial score (nSPS) is 20.8. The summed E-state index contributed by atoms with van der Waals surface area (Å²) in [5.74, 6) is 6.42. The summed E-state index contributed by atoms with van der Waals surface area (Å²) in [6, 6.07) is 2.28. The first kappa shape index (κ1) is 14.0. The number of hydrogen-bond donors (Lipinski definition) is 2. The van der Waals surface area contributed by atoms with Crippen LogP contribution in [-0.2, 0) is 4.74 Å². The van der Waals surface area contributed by atoms with E-state index in [1.807, 2.05) is 7.11 Å². The number of hydrogen-bond acceptors (Lipinski definition) is 4.